The van der Waals surface area contributed by atoms with Crippen molar-refractivity contribution in [3.05, 3.63) is 34.7 Å². The van der Waals surface area contributed by atoms with Crippen molar-refractivity contribution in [3.8, 4) is 5.82 Å². The first-order valence-corrected chi connectivity index (χ1v) is 7.65. The normalized spacial score (nSPS) is 11.8. The van der Waals surface area contributed by atoms with Gasteiger partial charge in [0, 0.05) is 29.9 Å². The Kier molecular flexibility index (Phi) is 3.35. The fourth-order valence-electron chi connectivity index (χ4n) is 2.30. The van der Waals surface area contributed by atoms with E-state index in [1.807, 2.05) is 11.6 Å². The number of hydrogen-bond acceptors (Lipinski definition) is 4. The zero-order valence-corrected chi connectivity index (χ0v) is 13.0. The highest BCUT2D eigenvalue weighted by atomic mass is 32.1. The van der Waals surface area contributed by atoms with Crippen LogP contribution in [0.1, 0.15) is 30.9 Å². The van der Waals surface area contributed by atoms with E-state index in [0.29, 0.717) is 6.04 Å². The Bertz CT molecular complexity index is 734. The van der Waals surface area contributed by atoms with Crippen molar-refractivity contribution >= 4 is 16.3 Å². The highest BCUT2D eigenvalue weighted by molar-refractivity contribution is 7.15. The van der Waals surface area contributed by atoms with Crippen molar-refractivity contribution in [3.63, 3.8) is 0 Å². The highest BCUT2D eigenvalue weighted by Gasteiger charge is 2.17. The maximum absolute atomic E-state index is 4.74. The lowest BCUT2D eigenvalue weighted by molar-refractivity contribution is 0.576. The fourth-order valence-corrected chi connectivity index (χ4v) is 3.03. The number of fused-ring (bicyclic) bond motifs is 1. The van der Waals surface area contributed by atoms with Crippen LogP contribution in [0.25, 0.3) is 10.8 Å². The predicted octanol–water partition coefficient (Wildman–Crippen LogP) is 2.70. The van der Waals surface area contributed by atoms with E-state index in [9.17, 15) is 0 Å². The molecule has 3 aromatic heterocycles. The second kappa shape index (κ2) is 5.03. The lowest BCUT2D eigenvalue weighted by Gasteiger charge is -2.10. The maximum Gasteiger partial charge on any atom is 0.196 e. The molecule has 0 spiro atoms. The van der Waals surface area contributed by atoms with Gasteiger partial charge < -0.3 is 5.32 Å². The van der Waals surface area contributed by atoms with Crippen LogP contribution in [0.2, 0.25) is 0 Å². The molecule has 3 aromatic rings. The van der Waals surface area contributed by atoms with Gasteiger partial charge in [0.1, 0.15) is 0 Å². The molecule has 6 heteroatoms. The molecule has 20 heavy (non-hydrogen) atoms. The second-order valence-corrected chi connectivity index (χ2v) is 6.19. The third-order valence-corrected chi connectivity index (χ3v) is 3.98. The molecule has 0 aromatic carbocycles. The molecule has 0 saturated heterocycles. The predicted molar refractivity (Wildman–Crippen MR) is 81.6 cm³/mol. The van der Waals surface area contributed by atoms with E-state index in [4.69, 9.17) is 4.98 Å². The molecule has 5 nitrogen and oxygen atoms in total. The first-order chi connectivity index (χ1) is 9.56. The van der Waals surface area contributed by atoms with Crippen LogP contribution in [0.3, 0.4) is 0 Å². The van der Waals surface area contributed by atoms with E-state index < -0.39 is 0 Å². The molecular weight excluding hydrogens is 270 g/mol. The number of aromatic nitrogens is 4. The molecule has 0 aliphatic carbocycles. The minimum Gasteiger partial charge on any atom is -0.309 e. The zero-order valence-electron chi connectivity index (χ0n) is 12.2. The van der Waals surface area contributed by atoms with Gasteiger partial charge in [0.15, 0.2) is 10.8 Å². The summed E-state index contributed by atoms with van der Waals surface area (Å²) in [7, 11) is 0. The van der Waals surface area contributed by atoms with Crippen molar-refractivity contribution < 1.29 is 0 Å². The van der Waals surface area contributed by atoms with Crippen LogP contribution < -0.4 is 5.32 Å². The van der Waals surface area contributed by atoms with Gasteiger partial charge in [-0.25, -0.2) is 4.68 Å². The smallest absolute Gasteiger partial charge is 0.196 e. The summed E-state index contributed by atoms with van der Waals surface area (Å²) in [4.78, 5) is 5.74. The van der Waals surface area contributed by atoms with Gasteiger partial charge in [0.25, 0.3) is 0 Å². The molecule has 0 atom stereocenters. The summed E-state index contributed by atoms with van der Waals surface area (Å²) < 4.78 is 4.08. The van der Waals surface area contributed by atoms with Crippen LogP contribution in [0.5, 0.6) is 0 Å². The van der Waals surface area contributed by atoms with Gasteiger partial charge in [-0.1, -0.05) is 13.8 Å². The molecule has 0 fully saturated rings. The summed E-state index contributed by atoms with van der Waals surface area (Å²) in [6.07, 6.45) is 2.07. The molecule has 3 rings (SSSR count). The Morgan fingerprint density at radius 1 is 1.35 bits per heavy atom. The average Bonchev–Trinajstić information content (AvgIpc) is 3.00. The Labute approximate surface area is 122 Å². The Balaban J connectivity index is 2.11. The number of nitrogens with one attached hydrogen (secondary N) is 1. The summed E-state index contributed by atoms with van der Waals surface area (Å²) in [5.41, 5.74) is 3.28. The molecule has 0 radical (unpaired) electrons. The van der Waals surface area contributed by atoms with Gasteiger partial charge in [-0.3, -0.25) is 4.40 Å². The van der Waals surface area contributed by atoms with Crippen LogP contribution >= 0.6 is 11.3 Å². The molecule has 0 aliphatic heterocycles. The minimum absolute atomic E-state index is 0.437. The topological polar surface area (TPSA) is 47.1 Å². The number of thiazole rings is 1. The lowest BCUT2D eigenvalue weighted by atomic mass is 10.3. The Morgan fingerprint density at radius 3 is 2.80 bits per heavy atom. The molecule has 1 N–H and O–H groups in total. The molecule has 0 amide bonds. The van der Waals surface area contributed by atoms with Crippen LogP contribution in [0.15, 0.2) is 17.6 Å². The molecule has 0 saturated carbocycles. The molecule has 0 unspecified atom stereocenters. The molecule has 3 heterocycles. The summed E-state index contributed by atoms with van der Waals surface area (Å²) in [5.74, 6) is 0.926. The van der Waals surface area contributed by atoms with Gasteiger partial charge in [0.2, 0.25) is 0 Å². The first-order valence-electron chi connectivity index (χ1n) is 6.77. The largest absolute Gasteiger partial charge is 0.309 e. The van der Waals surface area contributed by atoms with Gasteiger partial charge in [-0.05, 0) is 19.9 Å². The van der Waals surface area contributed by atoms with Crippen molar-refractivity contribution in [2.24, 2.45) is 0 Å². The van der Waals surface area contributed by atoms with E-state index >= 15 is 0 Å². The lowest BCUT2D eigenvalue weighted by Crippen LogP contribution is -2.23. The molecular formula is C14H19N5S. The van der Waals surface area contributed by atoms with E-state index in [1.54, 1.807) is 11.3 Å². The third-order valence-electron chi connectivity index (χ3n) is 3.23. The third kappa shape index (κ3) is 2.25. The van der Waals surface area contributed by atoms with Gasteiger partial charge in [-0.15, -0.1) is 11.3 Å². The molecule has 106 valence electrons. The monoisotopic (exact) mass is 289 g/mol. The highest BCUT2D eigenvalue weighted by Crippen LogP contribution is 2.21. The average molecular weight is 289 g/mol. The van der Waals surface area contributed by atoms with Gasteiger partial charge in [-0.2, -0.15) is 10.1 Å². The molecule has 0 bridgehead atoms. The maximum atomic E-state index is 4.74. The van der Waals surface area contributed by atoms with E-state index in [1.165, 1.54) is 0 Å². The summed E-state index contributed by atoms with van der Waals surface area (Å²) >= 11 is 1.65. The Hall–Kier alpha value is -1.66. The van der Waals surface area contributed by atoms with E-state index in [-0.39, 0.29) is 0 Å². The van der Waals surface area contributed by atoms with Crippen molar-refractivity contribution in [1.29, 1.82) is 0 Å². The molecule has 0 aliphatic rings. The number of nitrogens with zero attached hydrogens (tertiary/aromatic N) is 4. The first kappa shape index (κ1) is 13.3. The van der Waals surface area contributed by atoms with Gasteiger partial charge >= 0.3 is 0 Å². The summed E-state index contributed by atoms with van der Waals surface area (Å²) in [6.45, 7) is 9.15. The van der Waals surface area contributed by atoms with Crippen LogP contribution in [0.4, 0.5) is 0 Å². The fraction of sp³-hybridized carbons (Fsp3) is 0.429. The summed E-state index contributed by atoms with van der Waals surface area (Å²) in [6, 6.07) is 2.51. The van der Waals surface area contributed by atoms with Crippen molar-refractivity contribution in [2.75, 3.05) is 0 Å². The van der Waals surface area contributed by atoms with E-state index in [2.05, 4.69) is 53.2 Å². The number of hydrogen-bond donors (Lipinski definition) is 1. The van der Waals surface area contributed by atoms with E-state index in [0.717, 1.165) is 34.4 Å². The van der Waals surface area contributed by atoms with Crippen LogP contribution in [-0.2, 0) is 6.54 Å². The number of rotatable bonds is 4. The zero-order chi connectivity index (χ0) is 14.3. The SMILES string of the molecule is Cc1cc(C)n(-c2nc3sccn3c2CNC(C)C)n1. The standard InChI is InChI=1S/C14H19N5S/c1-9(2)15-8-12-13(16-14-18(12)5-6-20-14)19-11(4)7-10(3)17-19/h5-7,9,15H,8H2,1-4H3. The Morgan fingerprint density at radius 2 is 2.15 bits per heavy atom. The van der Waals surface area contributed by atoms with Crippen LogP contribution in [0, 0.1) is 13.8 Å². The second-order valence-electron chi connectivity index (χ2n) is 5.31. The van der Waals surface area contributed by atoms with Crippen molar-refractivity contribution in [1.82, 2.24) is 24.5 Å². The van der Waals surface area contributed by atoms with Gasteiger partial charge in [0.05, 0.1) is 11.4 Å². The quantitative estimate of drug-likeness (QED) is 0.803. The number of imidazole rings is 1. The van der Waals surface area contributed by atoms with Crippen LogP contribution in [-0.4, -0.2) is 25.2 Å². The van der Waals surface area contributed by atoms with Crippen molar-refractivity contribution in [2.45, 2.75) is 40.3 Å². The number of aryl methyl sites for hydroxylation is 2. The minimum atomic E-state index is 0.437. The summed E-state index contributed by atoms with van der Waals surface area (Å²) in [5, 5.41) is 10.1.